The fourth-order valence-corrected chi connectivity index (χ4v) is 1.87. The molecule has 0 fully saturated rings. The van der Waals surface area contributed by atoms with E-state index in [1.807, 2.05) is 37.4 Å². The maximum Gasteiger partial charge on any atom is 0.128 e. The lowest BCUT2D eigenvalue weighted by Crippen LogP contribution is -1.95. The molecule has 2 rings (SSSR count). The third-order valence-corrected chi connectivity index (χ3v) is 2.93. The third-order valence-electron chi connectivity index (χ3n) is 2.93. The van der Waals surface area contributed by atoms with Gasteiger partial charge in [0.15, 0.2) is 0 Å². The van der Waals surface area contributed by atoms with Crippen molar-refractivity contribution in [3.63, 3.8) is 0 Å². The number of aliphatic imine (C=N–C) groups is 1. The summed E-state index contributed by atoms with van der Waals surface area (Å²) in [6.07, 6.45) is 1.87. The van der Waals surface area contributed by atoms with Gasteiger partial charge in [-0.25, -0.2) is 0 Å². The maximum atomic E-state index is 5.59. The molecule has 0 aliphatic carbocycles. The summed E-state index contributed by atoms with van der Waals surface area (Å²) in [6.45, 7) is 6.79. The van der Waals surface area contributed by atoms with Crippen molar-refractivity contribution < 1.29 is 4.74 Å². The highest BCUT2D eigenvalue weighted by atomic mass is 16.5. The van der Waals surface area contributed by atoms with Crippen molar-refractivity contribution in [3.05, 3.63) is 59.2 Å². The van der Waals surface area contributed by atoms with Crippen LogP contribution in [0.5, 0.6) is 5.75 Å². The van der Waals surface area contributed by atoms with Gasteiger partial charge >= 0.3 is 0 Å². The van der Waals surface area contributed by atoms with Crippen LogP contribution in [0.25, 0.3) is 0 Å². The number of hydrogen-bond acceptors (Lipinski definition) is 2. The Bertz CT molecular complexity index is 588. The van der Waals surface area contributed by atoms with Crippen LogP contribution in [0.15, 0.2) is 47.5 Å². The zero-order valence-corrected chi connectivity index (χ0v) is 11.7. The van der Waals surface area contributed by atoms with Gasteiger partial charge in [-0.1, -0.05) is 24.3 Å². The van der Waals surface area contributed by atoms with E-state index in [1.54, 1.807) is 0 Å². The zero-order valence-electron chi connectivity index (χ0n) is 11.7. The number of aryl methyl sites for hydroxylation is 2. The molecule has 0 N–H and O–H groups in total. The molecule has 2 heteroatoms. The fourth-order valence-electron chi connectivity index (χ4n) is 1.87. The van der Waals surface area contributed by atoms with Gasteiger partial charge in [-0.05, 0) is 50.1 Å². The Balaban J connectivity index is 2.29. The van der Waals surface area contributed by atoms with E-state index >= 15 is 0 Å². The number of benzene rings is 2. The summed E-state index contributed by atoms with van der Waals surface area (Å²) in [4.78, 5) is 4.57. The Labute approximate surface area is 114 Å². The van der Waals surface area contributed by atoms with Gasteiger partial charge in [-0.15, -0.1) is 0 Å². The Morgan fingerprint density at radius 2 is 1.89 bits per heavy atom. The van der Waals surface area contributed by atoms with E-state index in [-0.39, 0.29) is 0 Å². The summed E-state index contributed by atoms with van der Waals surface area (Å²) >= 11 is 0. The van der Waals surface area contributed by atoms with Crippen LogP contribution in [0.2, 0.25) is 0 Å². The molecule has 19 heavy (non-hydrogen) atoms. The number of para-hydroxylation sites is 1. The molecular weight excluding hydrogens is 234 g/mol. The van der Waals surface area contributed by atoms with Gasteiger partial charge in [-0.2, -0.15) is 0 Å². The van der Waals surface area contributed by atoms with Crippen LogP contribution in [0.3, 0.4) is 0 Å². The molecule has 0 aliphatic rings. The molecule has 98 valence electrons. The lowest BCUT2D eigenvalue weighted by Gasteiger charge is -2.06. The summed E-state index contributed by atoms with van der Waals surface area (Å²) in [6, 6.07) is 14.2. The fraction of sp³-hybridized carbons (Fsp3) is 0.235. The minimum atomic E-state index is 0.661. The molecule has 0 atom stereocenters. The van der Waals surface area contributed by atoms with E-state index in [2.05, 4.69) is 37.0 Å². The molecule has 0 radical (unpaired) electrons. The van der Waals surface area contributed by atoms with Crippen LogP contribution >= 0.6 is 0 Å². The normalized spacial score (nSPS) is 10.9. The van der Waals surface area contributed by atoms with E-state index in [1.165, 1.54) is 11.1 Å². The first-order valence-corrected chi connectivity index (χ1v) is 6.54. The summed E-state index contributed by atoms with van der Waals surface area (Å²) < 4.78 is 5.59. The predicted octanol–water partition coefficient (Wildman–Crippen LogP) is 4.45. The molecule has 0 saturated carbocycles. The third kappa shape index (κ3) is 3.44. The largest absolute Gasteiger partial charge is 0.493 e. The Kier molecular flexibility index (Phi) is 4.35. The average Bonchev–Trinajstić information content (AvgIpc) is 2.42. The van der Waals surface area contributed by atoms with Gasteiger partial charge in [0, 0.05) is 11.8 Å². The van der Waals surface area contributed by atoms with E-state index < -0.39 is 0 Å². The van der Waals surface area contributed by atoms with Gasteiger partial charge in [0.1, 0.15) is 5.75 Å². The molecule has 0 unspecified atom stereocenters. The molecule has 0 aliphatic heterocycles. The van der Waals surface area contributed by atoms with Crippen molar-refractivity contribution >= 4 is 11.9 Å². The van der Waals surface area contributed by atoms with Crippen molar-refractivity contribution in [2.45, 2.75) is 20.8 Å². The molecule has 0 saturated heterocycles. The Morgan fingerprint density at radius 3 is 2.68 bits per heavy atom. The second kappa shape index (κ2) is 6.19. The van der Waals surface area contributed by atoms with Crippen LogP contribution in [0, 0.1) is 13.8 Å². The topological polar surface area (TPSA) is 21.6 Å². The first kappa shape index (κ1) is 13.3. The van der Waals surface area contributed by atoms with Crippen molar-refractivity contribution in [2.24, 2.45) is 4.99 Å². The Morgan fingerprint density at radius 1 is 1.11 bits per heavy atom. The quantitative estimate of drug-likeness (QED) is 0.737. The van der Waals surface area contributed by atoms with Gasteiger partial charge < -0.3 is 4.74 Å². The molecule has 2 aromatic rings. The number of nitrogens with zero attached hydrogens (tertiary/aromatic N) is 1. The average molecular weight is 253 g/mol. The van der Waals surface area contributed by atoms with E-state index in [0.717, 1.165) is 17.0 Å². The molecular formula is C17H19NO. The predicted molar refractivity (Wildman–Crippen MR) is 80.8 cm³/mol. The smallest absolute Gasteiger partial charge is 0.128 e. The summed E-state index contributed by atoms with van der Waals surface area (Å²) in [5.41, 5.74) is 4.41. The first-order chi connectivity index (χ1) is 9.20. The number of hydrogen-bond donors (Lipinski definition) is 0. The second-order valence-electron chi connectivity index (χ2n) is 4.52. The van der Waals surface area contributed by atoms with Gasteiger partial charge in [0.25, 0.3) is 0 Å². The highest BCUT2D eigenvalue weighted by molar-refractivity contribution is 5.85. The molecule has 2 nitrogen and oxygen atoms in total. The number of ether oxygens (including phenoxy) is 1. The van der Waals surface area contributed by atoms with E-state index in [0.29, 0.717) is 6.61 Å². The van der Waals surface area contributed by atoms with Gasteiger partial charge in [0.05, 0.1) is 12.3 Å². The first-order valence-electron chi connectivity index (χ1n) is 6.54. The summed E-state index contributed by atoms with van der Waals surface area (Å²) in [5.74, 6) is 0.874. The minimum Gasteiger partial charge on any atom is -0.493 e. The van der Waals surface area contributed by atoms with Crippen LogP contribution in [-0.2, 0) is 0 Å². The van der Waals surface area contributed by atoms with E-state index in [4.69, 9.17) is 4.74 Å². The highest BCUT2D eigenvalue weighted by Crippen LogP contribution is 2.21. The van der Waals surface area contributed by atoms with Crippen LogP contribution in [0.4, 0.5) is 5.69 Å². The standard InChI is InChI=1S/C17H19NO/c1-4-19-17-8-6-5-7-15(17)12-18-16-11-13(2)9-10-14(16)3/h5-12H,4H2,1-3H3. The lowest BCUT2D eigenvalue weighted by molar-refractivity contribution is 0.340. The number of rotatable bonds is 4. The molecule has 0 aromatic heterocycles. The van der Waals surface area contributed by atoms with Crippen molar-refractivity contribution in [1.82, 2.24) is 0 Å². The van der Waals surface area contributed by atoms with Crippen LogP contribution in [0.1, 0.15) is 23.6 Å². The van der Waals surface area contributed by atoms with Gasteiger partial charge in [0.2, 0.25) is 0 Å². The molecule has 2 aromatic carbocycles. The minimum absolute atomic E-state index is 0.661. The molecule has 0 amide bonds. The zero-order chi connectivity index (χ0) is 13.7. The molecule has 0 heterocycles. The van der Waals surface area contributed by atoms with Crippen LogP contribution in [-0.4, -0.2) is 12.8 Å². The molecule has 0 bridgehead atoms. The van der Waals surface area contributed by atoms with Crippen LogP contribution < -0.4 is 4.74 Å². The van der Waals surface area contributed by atoms with Crippen molar-refractivity contribution in [1.29, 1.82) is 0 Å². The lowest BCUT2D eigenvalue weighted by atomic mass is 10.1. The van der Waals surface area contributed by atoms with Crippen molar-refractivity contribution in [3.8, 4) is 5.75 Å². The monoisotopic (exact) mass is 253 g/mol. The summed E-state index contributed by atoms with van der Waals surface area (Å²) in [7, 11) is 0. The SMILES string of the molecule is CCOc1ccccc1C=Nc1cc(C)ccc1C. The maximum absolute atomic E-state index is 5.59. The molecule has 0 spiro atoms. The summed E-state index contributed by atoms with van der Waals surface area (Å²) in [5, 5.41) is 0. The Hall–Kier alpha value is -2.09. The van der Waals surface area contributed by atoms with Gasteiger partial charge in [-0.3, -0.25) is 4.99 Å². The second-order valence-corrected chi connectivity index (χ2v) is 4.52. The van der Waals surface area contributed by atoms with Crippen molar-refractivity contribution in [2.75, 3.05) is 6.61 Å². The highest BCUT2D eigenvalue weighted by Gasteiger charge is 2.00. The van der Waals surface area contributed by atoms with E-state index in [9.17, 15) is 0 Å².